The van der Waals surface area contributed by atoms with Crippen molar-refractivity contribution < 1.29 is 56.8 Å². The fourth-order valence-electron chi connectivity index (χ4n) is 11.5. The highest BCUT2D eigenvalue weighted by Crippen LogP contribution is 2.43. The third-order valence-electron chi connectivity index (χ3n) is 15.5. The first-order valence-electron chi connectivity index (χ1n) is 26.8. The molecule has 3 fully saturated rings. The first kappa shape index (κ1) is 53.9. The van der Waals surface area contributed by atoms with Gasteiger partial charge in [-0.3, -0.25) is 34.1 Å². The molecule has 1 N–H and O–H groups in total. The number of halogens is 2. The Bertz CT molecular complexity index is 3320. The number of aryl methyl sites for hydroxylation is 3. The minimum Gasteiger partial charge on any atom is -0.493 e. The quantitative estimate of drug-likeness (QED) is 0.0396. The fraction of sp³-hybridized carbons (Fsp3) is 0.431. The molecule has 410 valence electrons. The van der Waals surface area contributed by atoms with Gasteiger partial charge in [-0.15, -0.1) is 0 Å². The smallest absolute Gasteiger partial charge is 0.493 e. The van der Waals surface area contributed by atoms with Crippen LogP contribution in [0.1, 0.15) is 102 Å². The monoisotopic (exact) mass is 1090 g/mol. The summed E-state index contributed by atoms with van der Waals surface area (Å²) in [7, 11) is 1.87. The van der Waals surface area contributed by atoms with Crippen molar-refractivity contribution in [2.45, 2.75) is 110 Å². The zero-order chi connectivity index (χ0) is 54.8. The van der Waals surface area contributed by atoms with Gasteiger partial charge in [0.25, 0.3) is 11.8 Å². The van der Waals surface area contributed by atoms with E-state index in [-0.39, 0.29) is 67.9 Å². The number of aromatic nitrogens is 3. The molecular weight excluding hydrogens is 1030 g/mol. The number of hydrogen-bond donors (Lipinski definition) is 1. The summed E-state index contributed by atoms with van der Waals surface area (Å²) < 4.78 is 47.5. The molecule has 0 radical (unpaired) electrons. The number of esters is 1. The van der Waals surface area contributed by atoms with Gasteiger partial charge < -0.3 is 38.1 Å². The summed E-state index contributed by atoms with van der Waals surface area (Å²) in [5.41, 5.74) is 5.74. The van der Waals surface area contributed by atoms with Crippen LogP contribution in [0.15, 0.2) is 66.7 Å². The Morgan fingerprint density at radius 1 is 0.859 bits per heavy atom. The van der Waals surface area contributed by atoms with Gasteiger partial charge in [0.05, 0.1) is 29.4 Å². The van der Waals surface area contributed by atoms with Crippen molar-refractivity contribution in [1.29, 1.82) is 0 Å². The standard InChI is InChI=1S/C58H63ClFN7O11/c1-34-51(35(2)63(4)62-34)52-45(59)21-20-42-41(15-10-30-74-47-16-8-11-37-31-38(60)18-19-40(37)47)54(57(72)76-36(3)77-58(73)78-39-12-6-5-7-13-39)66(53(42)52)29-26-64-24-27-65(28-25-64)50(69)33-75-48-17-9-14-43-44(48)32-67(56(43)71)46-22-23-49(68)61-55(46)70/h8-9,11,14,16-21,31,36,39,46H,5-7,10,12-13,15,22-30,32-33H2,1-4H3,(H,61,68,70). The SMILES string of the molecule is Cc1nn(C)c(C)c1-c1c(Cl)ccc2c(CCCOc3cccc4cc(F)ccc34)c(C(=O)OC(C)OC(=O)OC3CCCCC3)n(CCN3CCN(C(=O)COc4cccc5c4CN(C4CCC(=O)NC4=O)C5=O)CC3)c12. The zero-order valence-corrected chi connectivity index (χ0v) is 45.0. The molecule has 4 amide bonds. The van der Waals surface area contributed by atoms with Crippen LogP contribution in [0.3, 0.4) is 0 Å². The average Bonchev–Trinajstić information content (AvgIpc) is 4.26. The minimum absolute atomic E-state index is 0.114. The van der Waals surface area contributed by atoms with Gasteiger partial charge in [-0.2, -0.15) is 5.10 Å². The summed E-state index contributed by atoms with van der Waals surface area (Å²) in [6.07, 6.45) is 3.19. The molecule has 2 saturated heterocycles. The van der Waals surface area contributed by atoms with Crippen LogP contribution in [0.25, 0.3) is 32.8 Å². The van der Waals surface area contributed by atoms with Crippen LogP contribution in [0.2, 0.25) is 5.02 Å². The Morgan fingerprint density at radius 3 is 2.37 bits per heavy atom. The van der Waals surface area contributed by atoms with Crippen LogP contribution in [0, 0.1) is 19.7 Å². The molecule has 3 aliphatic heterocycles. The predicted octanol–water partition coefficient (Wildman–Crippen LogP) is 8.59. The molecule has 4 aromatic carbocycles. The number of benzene rings is 4. The molecule has 5 heterocycles. The van der Waals surface area contributed by atoms with Gasteiger partial charge in [-0.05, 0) is 112 Å². The van der Waals surface area contributed by atoms with E-state index < -0.39 is 30.4 Å². The second-order valence-electron chi connectivity index (χ2n) is 20.5. The average molecular weight is 1090 g/mol. The molecule has 18 nitrogen and oxygen atoms in total. The van der Waals surface area contributed by atoms with Gasteiger partial charge >= 0.3 is 12.1 Å². The maximum Gasteiger partial charge on any atom is 0.511 e. The van der Waals surface area contributed by atoms with Gasteiger partial charge in [-0.25, -0.2) is 14.0 Å². The van der Waals surface area contributed by atoms with Gasteiger partial charge in [0, 0.05) is 98.4 Å². The third-order valence-corrected chi connectivity index (χ3v) is 15.8. The first-order chi connectivity index (χ1) is 37.6. The summed E-state index contributed by atoms with van der Waals surface area (Å²) in [6, 6.07) is 18.0. The number of rotatable bonds is 17. The number of nitrogens with zero attached hydrogens (tertiary/aromatic N) is 6. The van der Waals surface area contributed by atoms with Gasteiger partial charge in [-0.1, -0.05) is 42.3 Å². The van der Waals surface area contributed by atoms with Crippen molar-refractivity contribution in [3.63, 3.8) is 0 Å². The largest absolute Gasteiger partial charge is 0.511 e. The zero-order valence-electron chi connectivity index (χ0n) is 44.2. The Hall–Kier alpha value is -7.51. The number of amides is 4. The Morgan fingerprint density at radius 2 is 1.62 bits per heavy atom. The van der Waals surface area contributed by atoms with Crippen LogP contribution in [0.4, 0.5) is 9.18 Å². The molecule has 1 saturated carbocycles. The summed E-state index contributed by atoms with van der Waals surface area (Å²) >= 11 is 7.24. The number of piperazine rings is 1. The highest BCUT2D eigenvalue weighted by atomic mass is 35.5. The molecule has 2 atom stereocenters. The van der Waals surface area contributed by atoms with Crippen LogP contribution in [-0.2, 0) is 55.2 Å². The van der Waals surface area contributed by atoms with Crippen molar-refractivity contribution >= 4 is 69.0 Å². The second kappa shape index (κ2) is 23.2. The Kier molecular flexibility index (Phi) is 16.0. The van der Waals surface area contributed by atoms with Crippen LogP contribution in [0.5, 0.6) is 11.5 Å². The van der Waals surface area contributed by atoms with Gasteiger partial charge in [0.2, 0.25) is 18.1 Å². The summed E-state index contributed by atoms with van der Waals surface area (Å²) in [5.74, 6) is -1.53. The van der Waals surface area contributed by atoms with Gasteiger partial charge in [0.15, 0.2) is 6.61 Å². The molecule has 20 heteroatoms. The first-order valence-corrected chi connectivity index (χ1v) is 27.1. The molecular formula is C58H63ClFN7O11. The highest BCUT2D eigenvalue weighted by molar-refractivity contribution is 6.35. The van der Waals surface area contributed by atoms with E-state index in [1.54, 1.807) is 33.8 Å². The molecule has 4 aliphatic rings. The van der Waals surface area contributed by atoms with E-state index in [0.29, 0.717) is 102 Å². The highest BCUT2D eigenvalue weighted by Gasteiger charge is 2.40. The van der Waals surface area contributed by atoms with Crippen molar-refractivity contribution in [3.05, 3.63) is 111 Å². The lowest BCUT2D eigenvalue weighted by Crippen LogP contribution is -2.52. The van der Waals surface area contributed by atoms with Crippen molar-refractivity contribution in [3.8, 4) is 22.6 Å². The summed E-state index contributed by atoms with van der Waals surface area (Å²) in [6.45, 7) is 8.03. The van der Waals surface area contributed by atoms with Crippen LogP contribution in [-0.4, -0.2) is 129 Å². The van der Waals surface area contributed by atoms with Crippen molar-refractivity contribution in [2.24, 2.45) is 7.05 Å². The lowest BCUT2D eigenvalue weighted by Gasteiger charge is -2.35. The summed E-state index contributed by atoms with van der Waals surface area (Å²) in [4.78, 5) is 85.0. The molecule has 2 aromatic heterocycles. The van der Waals surface area contributed by atoms with E-state index in [9.17, 15) is 33.2 Å². The number of carbonyl (C=O) groups is 6. The van der Waals surface area contributed by atoms with Crippen LogP contribution < -0.4 is 14.8 Å². The molecule has 2 unspecified atom stereocenters. The molecule has 78 heavy (non-hydrogen) atoms. The van der Waals surface area contributed by atoms with E-state index in [0.717, 1.165) is 59.8 Å². The van der Waals surface area contributed by atoms with Crippen molar-refractivity contribution in [1.82, 2.24) is 34.4 Å². The van der Waals surface area contributed by atoms with E-state index >= 15 is 0 Å². The fourth-order valence-corrected chi connectivity index (χ4v) is 11.7. The number of nitrogens with one attached hydrogen (secondary N) is 1. The van der Waals surface area contributed by atoms with Crippen molar-refractivity contribution in [2.75, 3.05) is 45.9 Å². The Balaban J connectivity index is 0.888. The maximum absolute atomic E-state index is 15.0. The van der Waals surface area contributed by atoms with E-state index in [4.69, 9.17) is 40.4 Å². The lowest BCUT2D eigenvalue weighted by atomic mass is 9.98. The number of carbonyl (C=O) groups excluding carboxylic acids is 6. The van der Waals surface area contributed by atoms with Crippen LogP contribution >= 0.6 is 11.6 Å². The number of imide groups is 1. The van der Waals surface area contributed by atoms with E-state index in [2.05, 4.69) is 10.2 Å². The minimum atomic E-state index is -1.30. The molecule has 10 rings (SSSR count). The number of fused-ring (bicyclic) bond motifs is 3. The van der Waals surface area contributed by atoms with E-state index in [1.807, 2.05) is 55.8 Å². The number of ether oxygens (including phenoxy) is 5. The maximum atomic E-state index is 15.0. The predicted molar refractivity (Wildman–Crippen MR) is 287 cm³/mol. The third kappa shape index (κ3) is 11.3. The number of piperidine rings is 1. The topological polar surface area (TPSA) is 193 Å². The Labute approximate surface area is 455 Å². The van der Waals surface area contributed by atoms with Gasteiger partial charge in [0.1, 0.15) is 35.2 Å². The molecule has 6 aromatic rings. The molecule has 1 aliphatic carbocycles. The molecule has 0 bridgehead atoms. The second-order valence-corrected chi connectivity index (χ2v) is 20.9. The normalized spacial score (nSPS) is 17.6. The van der Waals surface area contributed by atoms with E-state index in [1.165, 1.54) is 24.0 Å². The lowest BCUT2D eigenvalue weighted by molar-refractivity contribution is -0.137. The summed E-state index contributed by atoms with van der Waals surface area (Å²) in [5, 5.41) is 9.76. The number of hydrogen-bond acceptors (Lipinski definition) is 13. The molecule has 0 spiro atoms.